The molecule has 8 nitrogen and oxygen atoms in total. The smallest absolute Gasteiger partial charge is 0.419 e. The molecule has 0 amide bonds. The van der Waals surface area contributed by atoms with Crippen LogP contribution in [0.2, 0.25) is 0 Å². The predicted octanol–water partition coefficient (Wildman–Crippen LogP) is 2.43. The van der Waals surface area contributed by atoms with Crippen LogP contribution in [-0.4, -0.2) is 27.2 Å². The Morgan fingerprint density at radius 3 is 2.46 bits per heavy atom. The van der Waals surface area contributed by atoms with E-state index in [1.54, 1.807) is 12.1 Å². The third-order valence-corrected chi connectivity index (χ3v) is 5.28. The van der Waals surface area contributed by atoms with Crippen molar-refractivity contribution in [3.63, 3.8) is 0 Å². The summed E-state index contributed by atoms with van der Waals surface area (Å²) in [4.78, 5) is 11.8. The van der Waals surface area contributed by atoms with E-state index in [9.17, 15) is 13.2 Å². The highest BCUT2D eigenvalue weighted by Crippen LogP contribution is 2.30. The Kier molecular flexibility index (Phi) is 4.64. The standard InChI is InChI=1S/C17H18N2O6S/c1-4-19-13-7-5-11(9-15(13)25-17(19)20)18-26(21,22)12-6-8-14(23-2)16(10-12)24-3/h5-10,18H,4H2,1-3H3. The highest BCUT2D eigenvalue weighted by atomic mass is 32.2. The number of anilines is 1. The number of oxazole rings is 1. The molecule has 0 unspecified atom stereocenters. The van der Waals surface area contributed by atoms with Crippen LogP contribution in [0.25, 0.3) is 11.1 Å². The number of ether oxygens (including phenoxy) is 2. The van der Waals surface area contributed by atoms with E-state index in [4.69, 9.17) is 13.9 Å². The van der Waals surface area contributed by atoms with Crippen molar-refractivity contribution < 1.29 is 22.3 Å². The molecule has 1 heterocycles. The minimum Gasteiger partial charge on any atom is -0.493 e. The van der Waals surface area contributed by atoms with Crippen molar-refractivity contribution in [3.05, 3.63) is 46.9 Å². The van der Waals surface area contributed by atoms with Crippen LogP contribution in [0.5, 0.6) is 11.5 Å². The Bertz CT molecular complexity index is 1110. The summed E-state index contributed by atoms with van der Waals surface area (Å²) in [5.41, 5.74) is 1.19. The van der Waals surface area contributed by atoms with Crippen LogP contribution in [0.3, 0.4) is 0 Å². The second-order valence-electron chi connectivity index (χ2n) is 5.42. The van der Waals surface area contributed by atoms with Gasteiger partial charge in [0.25, 0.3) is 10.0 Å². The Hall–Kier alpha value is -2.94. The maximum absolute atomic E-state index is 12.6. The molecule has 2 aromatic carbocycles. The number of methoxy groups -OCH3 is 2. The van der Waals surface area contributed by atoms with Crippen molar-refractivity contribution in [1.29, 1.82) is 0 Å². The molecule has 0 atom stereocenters. The van der Waals surface area contributed by atoms with Crippen LogP contribution >= 0.6 is 0 Å². The lowest BCUT2D eigenvalue weighted by Gasteiger charge is -2.11. The number of aromatic nitrogens is 1. The molecule has 0 bridgehead atoms. The van der Waals surface area contributed by atoms with Gasteiger partial charge in [0.15, 0.2) is 17.1 Å². The lowest BCUT2D eigenvalue weighted by molar-refractivity contribution is 0.354. The first-order valence-electron chi connectivity index (χ1n) is 7.78. The molecule has 0 spiro atoms. The first-order valence-corrected chi connectivity index (χ1v) is 9.26. The summed E-state index contributed by atoms with van der Waals surface area (Å²) in [5, 5.41) is 0. The minimum atomic E-state index is -3.86. The van der Waals surface area contributed by atoms with Gasteiger partial charge in [-0.05, 0) is 31.2 Å². The van der Waals surface area contributed by atoms with Crippen LogP contribution < -0.4 is 20.0 Å². The SMILES string of the molecule is CCn1c(=O)oc2cc(NS(=O)(=O)c3ccc(OC)c(OC)c3)ccc21. The molecule has 9 heteroatoms. The average Bonchev–Trinajstić information content (AvgIpc) is 2.94. The highest BCUT2D eigenvalue weighted by molar-refractivity contribution is 7.92. The summed E-state index contributed by atoms with van der Waals surface area (Å²) in [5.74, 6) is 0.245. The maximum Gasteiger partial charge on any atom is 0.419 e. The van der Waals surface area contributed by atoms with Crippen LogP contribution in [0.1, 0.15) is 6.92 Å². The lowest BCUT2D eigenvalue weighted by atomic mass is 10.3. The summed E-state index contributed by atoms with van der Waals surface area (Å²) < 4.78 is 44.6. The zero-order valence-electron chi connectivity index (χ0n) is 14.5. The molecule has 0 aliphatic heterocycles. The van der Waals surface area contributed by atoms with Gasteiger partial charge in [-0.3, -0.25) is 9.29 Å². The molecule has 0 saturated heterocycles. The number of sulfonamides is 1. The van der Waals surface area contributed by atoms with Gasteiger partial charge >= 0.3 is 5.76 Å². The van der Waals surface area contributed by atoms with Gasteiger partial charge in [-0.25, -0.2) is 13.2 Å². The first kappa shape index (κ1) is 17.9. The highest BCUT2D eigenvalue weighted by Gasteiger charge is 2.18. The zero-order chi connectivity index (χ0) is 18.9. The first-order chi connectivity index (χ1) is 12.4. The van der Waals surface area contributed by atoms with E-state index in [-0.39, 0.29) is 10.6 Å². The van der Waals surface area contributed by atoms with Crippen LogP contribution in [0, 0.1) is 0 Å². The van der Waals surface area contributed by atoms with Gasteiger partial charge in [0.05, 0.1) is 30.3 Å². The van der Waals surface area contributed by atoms with Gasteiger partial charge in [-0.1, -0.05) is 0 Å². The quantitative estimate of drug-likeness (QED) is 0.707. The fourth-order valence-corrected chi connectivity index (χ4v) is 3.69. The average molecular weight is 378 g/mol. The van der Waals surface area contributed by atoms with Gasteiger partial charge in [0, 0.05) is 18.7 Å². The fraction of sp³-hybridized carbons (Fsp3) is 0.235. The molecule has 138 valence electrons. The second kappa shape index (κ2) is 6.75. The number of rotatable bonds is 6. The molecule has 0 radical (unpaired) electrons. The Balaban J connectivity index is 1.97. The van der Waals surface area contributed by atoms with Crippen LogP contribution in [-0.2, 0) is 16.6 Å². The molecule has 3 rings (SSSR count). The summed E-state index contributed by atoms with van der Waals surface area (Å²) in [6.45, 7) is 2.28. The number of hydrogen-bond donors (Lipinski definition) is 1. The molecule has 0 aliphatic rings. The van der Waals surface area contributed by atoms with E-state index < -0.39 is 15.8 Å². The van der Waals surface area contributed by atoms with Crippen LogP contribution in [0.4, 0.5) is 5.69 Å². The molecular formula is C17H18N2O6S. The van der Waals surface area contributed by atoms with Gasteiger partial charge in [0.1, 0.15) is 0 Å². The van der Waals surface area contributed by atoms with E-state index in [1.165, 1.54) is 43.1 Å². The van der Waals surface area contributed by atoms with Gasteiger partial charge < -0.3 is 13.9 Å². The van der Waals surface area contributed by atoms with Crippen molar-refractivity contribution >= 4 is 26.8 Å². The Labute approximate surface area is 150 Å². The molecule has 0 saturated carbocycles. The van der Waals surface area contributed by atoms with E-state index in [0.29, 0.717) is 29.1 Å². The van der Waals surface area contributed by atoms with Gasteiger partial charge in [-0.15, -0.1) is 0 Å². The fourth-order valence-electron chi connectivity index (χ4n) is 2.63. The van der Waals surface area contributed by atoms with Crippen molar-refractivity contribution in [3.8, 4) is 11.5 Å². The predicted molar refractivity (Wildman–Crippen MR) is 96.5 cm³/mol. The number of fused-ring (bicyclic) bond motifs is 1. The number of nitrogens with one attached hydrogen (secondary N) is 1. The monoisotopic (exact) mass is 378 g/mol. The summed E-state index contributed by atoms with van der Waals surface area (Å²) >= 11 is 0. The van der Waals surface area contributed by atoms with E-state index >= 15 is 0 Å². The molecule has 3 aromatic rings. The normalized spacial score (nSPS) is 11.5. The third-order valence-electron chi connectivity index (χ3n) is 3.90. The number of benzene rings is 2. The van der Waals surface area contributed by atoms with Crippen molar-refractivity contribution in [2.45, 2.75) is 18.4 Å². The van der Waals surface area contributed by atoms with Crippen LogP contribution in [0.15, 0.2) is 50.5 Å². The molecule has 1 aromatic heterocycles. The molecule has 0 aliphatic carbocycles. The van der Waals surface area contributed by atoms with Gasteiger partial charge in [-0.2, -0.15) is 0 Å². The Morgan fingerprint density at radius 2 is 1.81 bits per heavy atom. The van der Waals surface area contributed by atoms with E-state index in [2.05, 4.69) is 4.72 Å². The largest absolute Gasteiger partial charge is 0.493 e. The molecule has 26 heavy (non-hydrogen) atoms. The molecule has 1 N–H and O–H groups in total. The second-order valence-corrected chi connectivity index (χ2v) is 7.10. The topological polar surface area (TPSA) is 99.8 Å². The molecular weight excluding hydrogens is 360 g/mol. The van der Waals surface area contributed by atoms with Gasteiger partial charge in [0.2, 0.25) is 0 Å². The van der Waals surface area contributed by atoms with E-state index in [0.717, 1.165) is 0 Å². The van der Waals surface area contributed by atoms with E-state index in [1.807, 2.05) is 6.92 Å². The minimum absolute atomic E-state index is 0.0165. The maximum atomic E-state index is 12.6. The lowest BCUT2D eigenvalue weighted by Crippen LogP contribution is -2.13. The number of nitrogens with zero attached hydrogens (tertiary/aromatic N) is 1. The summed E-state index contributed by atoms with van der Waals surface area (Å²) in [7, 11) is -0.966. The van der Waals surface area contributed by atoms with Crippen molar-refractivity contribution in [2.75, 3.05) is 18.9 Å². The third kappa shape index (κ3) is 3.13. The Morgan fingerprint density at radius 1 is 1.08 bits per heavy atom. The number of aryl methyl sites for hydroxylation is 1. The zero-order valence-corrected chi connectivity index (χ0v) is 15.3. The van der Waals surface area contributed by atoms with Crippen molar-refractivity contribution in [2.24, 2.45) is 0 Å². The number of hydrogen-bond acceptors (Lipinski definition) is 6. The summed E-state index contributed by atoms with van der Waals surface area (Å²) in [6, 6.07) is 8.97. The molecule has 0 fully saturated rings. The van der Waals surface area contributed by atoms with Crippen molar-refractivity contribution in [1.82, 2.24) is 4.57 Å². The summed E-state index contributed by atoms with van der Waals surface area (Å²) in [6.07, 6.45) is 0.